The lowest BCUT2D eigenvalue weighted by atomic mass is 10.1. The average molecular weight is 195 g/mol. The normalized spacial score (nSPS) is 14.5. The van der Waals surface area contributed by atoms with Gasteiger partial charge in [-0.1, -0.05) is 35.9 Å². The summed E-state index contributed by atoms with van der Waals surface area (Å²) in [7, 11) is 0. The summed E-state index contributed by atoms with van der Waals surface area (Å²) in [4.78, 5) is 10.7. The Hall–Kier alpha value is -1.28. The third-order valence-corrected chi connectivity index (χ3v) is 2.58. The molecule has 2 rings (SSSR count). The highest BCUT2D eigenvalue weighted by Gasteiger charge is 2.23. The Labute approximate surface area is 80.5 Å². The van der Waals surface area contributed by atoms with Crippen molar-refractivity contribution >= 4 is 22.6 Å². The van der Waals surface area contributed by atoms with Crippen molar-refractivity contribution in [3.05, 3.63) is 41.0 Å². The Morgan fingerprint density at radius 2 is 2.08 bits per heavy atom. The second-order valence-corrected chi connectivity index (χ2v) is 3.31. The predicted molar refractivity (Wildman–Crippen MR) is 50.6 cm³/mol. The first-order valence-electron chi connectivity index (χ1n) is 3.90. The van der Waals surface area contributed by atoms with Gasteiger partial charge < -0.3 is 5.11 Å². The topological polar surface area (TPSA) is 37.3 Å². The number of hydrogen-bond acceptors (Lipinski definition) is 1. The Morgan fingerprint density at radius 1 is 1.38 bits per heavy atom. The maximum atomic E-state index is 10.7. The maximum Gasteiger partial charge on any atom is 0.333 e. The number of halogens is 1. The summed E-state index contributed by atoms with van der Waals surface area (Å²) < 4.78 is 0. The van der Waals surface area contributed by atoms with Gasteiger partial charge in [-0.05, 0) is 11.1 Å². The molecule has 0 radical (unpaired) electrons. The molecule has 0 unspecified atom stereocenters. The van der Waals surface area contributed by atoms with E-state index in [1.54, 1.807) is 0 Å². The van der Waals surface area contributed by atoms with Gasteiger partial charge in [0.05, 0.1) is 10.6 Å². The number of aliphatic carboxylic acids is 1. The van der Waals surface area contributed by atoms with Crippen LogP contribution in [0.2, 0.25) is 0 Å². The fourth-order valence-corrected chi connectivity index (χ4v) is 1.82. The maximum absolute atomic E-state index is 10.7. The smallest absolute Gasteiger partial charge is 0.333 e. The van der Waals surface area contributed by atoms with Crippen molar-refractivity contribution in [2.45, 2.75) is 6.42 Å². The number of carboxylic acids is 1. The van der Waals surface area contributed by atoms with Crippen LogP contribution in [0.5, 0.6) is 0 Å². The number of hydrogen-bond donors (Lipinski definition) is 1. The van der Waals surface area contributed by atoms with Crippen LogP contribution in [0.15, 0.2) is 29.8 Å². The minimum absolute atomic E-state index is 0.294. The third-order valence-electron chi connectivity index (χ3n) is 2.14. The molecule has 1 N–H and O–H groups in total. The molecule has 3 heteroatoms. The Bertz CT molecular complexity index is 407. The third kappa shape index (κ3) is 1.23. The molecule has 0 heterocycles. The van der Waals surface area contributed by atoms with Crippen molar-refractivity contribution in [2.24, 2.45) is 0 Å². The first-order valence-corrected chi connectivity index (χ1v) is 4.28. The van der Waals surface area contributed by atoms with Gasteiger partial charge in [-0.3, -0.25) is 0 Å². The van der Waals surface area contributed by atoms with Gasteiger partial charge in [0.2, 0.25) is 0 Å². The van der Waals surface area contributed by atoms with E-state index in [4.69, 9.17) is 16.7 Å². The van der Waals surface area contributed by atoms with E-state index >= 15 is 0 Å². The number of fused-ring (bicyclic) bond motifs is 1. The van der Waals surface area contributed by atoms with Crippen LogP contribution in [0, 0.1) is 0 Å². The van der Waals surface area contributed by atoms with E-state index in [2.05, 4.69) is 0 Å². The van der Waals surface area contributed by atoms with Gasteiger partial charge in [-0.15, -0.1) is 0 Å². The number of carboxylic acid groups (broad SMARTS) is 1. The second-order valence-electron chi connectivity index (χ2n) is 2.93. The first kappa shape index (κ1) is 8.32. The molecular formula is C10H7ClO2. The van der Waals surface area contributed by atoms with Gasteiger partial charge >= 0.3 is 5.97 Å². The van der Waals surface area contributed by atoms with Crippen molar-refractivity contribution in [2.75, 3.05) is 0 Å². The van der Waals surface area contributed by atoms with Crippen molar-refractivity contribution in [1.82, 2.24) is 0 Å². The SMILES string of the molecule is O=C(O)C1=C(Cl)c2ccccc2C1. The molecule has 0 aromatic heterocycles. The van der Waals surface area contributed by atoms with E-state index in [9.17, 15) is 4.79 Å². The molecule has 0 bridgehead atoms. The van der Waals surface area contributed by atoms with E-state index < -0.39 is 5.97 Å². The van der Waals surface area contributed by atoms with Gasteiger partial charge in [0.1, 0.15) is 0 Å². The number of carbonyl (C=O) groups is 1. The van der Waals surface area contributed by atoms with Gasteiger partial charge in [0, 0.05) is 6.42 Å². The molecule has 0 aliphatic heterocycles. The van der Waals surface area contributed by atoms with Crippen LogP contribution in [0.25, 0.3) is 5.03 Å². The average Bonchev–Trinajstić information content (AvgIpc) is 2.45. The second kappa shape index (κ2) is 2.89. The van der Waals surface area contributed by atoms with Gasteiger partial charge in [0.25, 0.3) is 0 Å². The minimum atomic E-state index is -0.929. The highest BCUT2D eigenvalue weighted by atomic mass is 35.5. The lowest BCUT2D eigenvalue weighted by molar-refractivity contribution is -0.132. The zero-order valence-corrected chi connectivity index (χ0v) is 7.51. The Morgan fingerprint density at radius 3 is 2.69 bits per heavy atom. The monoisotopic (exact) mass is 194 g/mol. The minimum Gasteiger partial charge on any atom is -0.478 e. The van der Waals surface area contributed by atoms with E-state index in [0.717, 1.165) is 11.1 Å². The molecule has 1 aromatic carbocycles. The lowest BCUT2D eigenvalue weighted by Crippen LogP contribution is -2.00. The summed E-state index contributed by atoms with van der Waals surface area (Å²) in [6.45, 7) is 0. The molecule has 66 valence electrons. The lowest BCUT2D eigenvalue weighted by Gasteiger charge is -1.95. The highest BCUT2D eigenvalue weighted by molar-refractivity contribution is 6.51. The van der Waals surface area contributed by atoms with Crippen LogP contribution in [0.3, 0.4) is 0 Å². The van der Waals surface area contributed by atoms with Crippen LogP contribution in [-0.2, 0) is 11.2 Å². The van der Waals surface area contributed by atoms with E-state index in [-0.39, 0.29) is 0 Å². The quantitative estimate of drug-likeness (QED) is 0.745. The zero-order chi connectivity index (χ0) is 9.42. The molecule has 0 fully saturated rings. The highest BCUT2D eigenvalue weighted by Crippen LogP contribution is 2.35. The van der Waals surface area contributed by atoms with Crippen LogP contribution >= 0.6 is 11.6 Å². The molecule has 1 aliphatic carbocycles. The molecule has 13 heavy (non-hydrogen) atoms. The molecular weight excluding hydrogens is 188 g/mol. The van der Waals surface area contributed by atoms with Crippen LogP contribution in [0.1, 0.15) is 11.1 Å². The van der Waals surface area contributed by atoms with Crippen LogP contribution in [0.4, 0.5) is 0 Å². The summed E-state index contributed by atoms with van der Waals surface area (Å²) >= 11 is 5.90. The van der Waals surface area contributed by atoms with Crippen molar-refractivity contribution in [1.29, 1.82) is 0 Å². The zero-order valence-electron chi connectivity index (χ0n) is 6.75. The van der Waals surface area contributed by atoms with Gasteiger partial charge in [0.15, 0.2) is 0 Å². The standard InChI is InChI=1S/C10H7ClO2/c11-9-7-4-2-1-3-6(7)5-8(9)10(12)13/h1-4H,5H2,(H,12,13). The van der Waals surface area contributed by atoms with Gasteiger partial charge in [-0.2, -0.15) is 0 Å². The summed E-state index contributed by atoms with van der Waals surface area (Å²) in [5.41, 5.74) is 2.13. The van der Waals surface area contributed by atoms with E-state index in [1.807, 2.05) is 24.3 Å². The number of rotatable bonds is 1. The largest absolute Gasteiger partial charge is 0.478 e. The summed E-state index contributed by atoms with van der Waals surface area (Å²) in [6.07, 6.45) is 0.435. The van der Waals surface area contributed by atoms with E-state index in [1.165, 1.54) is 0 Å². The number of benzene rings is 1. The fraction of sp³-hybridized carbons (Fsp3) is 0.100. The summed E-state index contributed by atoms with van der Waals surface area (Å²) in [6, 6.07) is 7.47. The van der Waals surface area contributed by atoms with E-state index in [0.29, 0.717) is 17.0 Å². The molecule has 1 aliphatic rings. The molecule has 0 atom stereocenters. The molecule has 0 spiro atoms. The predicted octanol–water partition coefficient (Wildman–Crippen LogP) is 2.28. The van der Waals surface area contributed by atoms with Crippen molar-refractivity contribution in [3.63, 3.8) is 0 Å². The van der Waals surface area contributed by atoms with Crippen molar-refractivity contribution in [3.8, 4) is 0 Å². The van der Waals surface area contributed by atoms with Gasteiger partial charge in [-0.25, -0.2) is 4.79 Å². The Kier molecular flexibility index (Phi) is 1.85. The molecule has 0 saturated heterocycles. The molecule has 0 amide bonds. The molecule has 2 nitrogen and oxygen atoms in total. The summed E-state index contributed by atoms with van der Waals surface area (Å²) in [5, 5.41) is 9.19. The summed E-state index contributed by atoms with van der Waals surface area (Å²) in [5.74, 6) is -0.929. The van der Waals surface area contributed by atoms with Crippen LogP contribution in [-0.4, -0.2) is 11.1 Å². The van der Waals surface area contributed by atoms with Crippen molar-refractivity contribution < 1.29 is 9.90 Å². The van der Waals surface area contributed by atoms with Crippen LogP contribution < -0.4 is 0 Å². The molecule has 0 saturated carbocycles. The molecule has 1 aromatic rings. The first-order chi connectivity index (χ1) is 6.20. The fourth-order valence-electron chi connectivity index (χ4n) is 1.49. The Balaban J connectivity index is 2.53.